The first-order valence-electron chi connectivity index (χ1n) is 4.81. The summed E-state index contributed by atoms with van der Waals surface area (Å²) in [5, 5.41) is 8.79. The van der Waals surface area contributed by atoms with Crippen LogP contribution in [0.15, 0.2) is 27.4 Å². The molecular weight excluding hydrogens is 228 g/mol. The minimum Gasteiger partial charge on any atom is -0.481 e. The van der Waals surface area contributed by atoms with Crippen LogP contribution in [-0.2, 0) is 11.2 Å². The van der Waals surface area contributed by atoms with E-state index in [-0.39, 0.29) is 4.94 Å². The normalized spacial score (nSPS) is 12.8. The quantitative estimate of drug-likeness (QED) is 0.889. The van der Waals surface area contributed by atoms with Crippen LogP contribution in [0.3, 0.4) is 0 Å². The van der Waals surface area contributed by atoms with Gasteiger partial charge in [-0.05, 0) is 24.1 Å². The lowest BCUT2D eigenvalue weighted by atomic mass is 10.0. The fourth-order valence-corrected chi connectivity index (χ4v) is 2.13. The molecule has 1 aromatic heterocycles. The second-order valence-electron chi connectivity index (χ2n) is 3.68. The van der Waals surface area contributed by atoms with Gasteiger partial charge in [0.05, 0.1) is 10.6 Å². The van der Waals surface area contributed by atoms with E-state index in [1.165, 1.54) is 0 Å². The zero-order valence-electron chi connectivity index (χ0n) is 8.60. The van der Waals surface area contributed by atoms with Crippen LogP contribution in [0.25, 0.3) is 10.3 Å². The van der Waals surface area contributed by atoms with Gasteiger partial charge in [0.2, 0.25) is 0 Å². The SMILES string of the molecule is CC(Cc1ccc2sc(=O)oc2c1)C(=O)O. The Kier molecular flexibility index (Phi) is 2.78. The van der Waals surface area contributed by atoms with E-state index in [1.807, 2.05) is 6.07 Å². The molecule has 1 atom stereocenters. The fourth-order valence-electron chi connectivity index (χ4n) is 1.48. The Morgan fingerprint density at radius 3 is 3.00 bits per heavy atom. The molecule has 4 nitrogen and oxygen atoms in total. The number of fused-ring (bicyclic) bond motifs is 1. The van der Waals surface area contributed by atoms with E-state index in [0.717, 1.165) is 21.6 Å². The molecule has 0 aliphatic heterocycles. The number of rotatable bonds is 3. The maximum atomic E-state index is 11.0. The Morgan fingerprint density at radius 2 is 2.31 bits per heavy atom. The minimum absolute atomic E-state index is 0.335. The second kappa shape index (κ2) is 4.09. The van der Waals surface area contributed by atoms with Crippen molar-refractivity contribution in [2.24, 2.45) is 5.92 Å². The van der Waals surface area contributed by atoms with Gasteiger partial charge in [-0.25, -0.2) is 4.79 Å². The molecule has 0 radical (unpaired) electrons. The Labute approximate surface area is 95.1 Å². The predicted octanol–water partition coefficient (Wildman–Crippen LogP) is 2.12. The van der Waals surface area contributed by atoms with Crippen molar-refractivity contribution in [2.75, 3.05) is 0 Å². The van der Waals surface area contributed by atoms with Crippen LogP contribution in [0.4, 0.5) is 0 Å². The lowest BCUT2D eigenvalue weighted by Gasteiger charge is -2.05. The standard InChI is InChI=1S/C11H10O4S/c1-6(10(12)13)4-7-2-3-9-8(5-7)15-11(14)16-9/h2-3,5-6H,4H2,1H3,(H,12,13). The van der Waals surface area contributed by atoms with Gasteiger partial charge in [0, 0.05) is 0 Å². The van der Waals surface area contributed by atoms with Crippen molar-refractivity contribution in [3.05, 3.63) is 33.5 Å². The summed E-state index contributed by atoms with van der Waals surface area (Å²) in [5.74, 6) is -1.27. The van der Waals surface area contributed by atoms with Crippen molar-refractivity contribution in [3.63, 3.8) is 0 Å². The smallest absolute Gasteiger partial charge is 0.396 e. The number of benzene rings is 1. The first kappa shape index (κ1) is 10.9. The molecular formula is C11H10O4S. The molecule has 1 unspecified atom stereocenters. The monoisotopic (exact) mass is 238 g/mol. The molecule has 0 saturated carbocycles. The molecule has 2 aromatic rings. The average molecular weight is 238 g/mol. The van der Waals surface area contributed by atoms with Crippen LogP contribution in [0.5, 0.6) is 0 Å². The summed E-state index contributed by atoms with van der Waals surface area (Å²) in [6, 6.07) is 5.34. The average Bonchev–Trinajstić information content (AvgIpc) is 2.57. The van der Waals surface area contributed by atoms with E-state index < -0.39 is 11.9 Å². The highest BCUT2D eigenvalue weighted by molar-refractivity contribution is 7.16. The maximum Gasteiger partial charge on any atom is 0.396 e. The Balaban J connectivity index is 2.32. The topological polar surface area (TPSA) is 67.5 Å². The summed E-state index contributed by atoms with van der Waals surface area (Å²) in [7, 11) is 0. The van der Waals surface area contributed by atoms with Crippen LogP contribution in [0.2, 0.25) is 0 Å². The molecule has 1 N–H and O–H groups in total. The summed E-state index contributed by atoms with van der Waals surface area (Å²) in [5.41, 5.74) is 1.40. The molecule has 0 bridgehead atoms. The van der Waals surface area contributed by atoms with Gasteiger partial charge in [-0.2, -0.15) is 0 Å². The lowest BCUT2D eigenvalue weighted by Crippen LogP contribution is -2.12. The molecule has 0 fully saturated rings. The van der Waals surface area contributed by atoms with Crippen molar-refractivity contribution in [3.8, 4) is 0 Å². The third-order valence-corrected chi connectivity index (χ3v) is 3.17. The molecule has 1 aromatic carbocycles. The largest absolute Gasteiger partial charge is 0.481 e. The van der Waals surface area contributed by atoms with Gasteiger partial charge in [-0.1, -0.05) is 24.3 Å². The lowest BCUT2D eigenvalue weighted by molar-refractivity contribution is -0.141. The Hall–Kier alpha value is -1.62. The Bertz CT molecular complexity index is 581. The molecule has 0 aliphatic rings. The third-order valence-electron chi connectivity index (χ3n) is 2.36. The Morgan fingerprint density at radius 1 is 1.56 bits per heavy atom. The van der Waals surface area contributed by atoms with Gasteiger partial charge >= 0.3 is 10.9 Å². The maximum absolute atomic E-state index is 11.0. The molecule has 2 rings (SSSR count). The highest BCUT2D eigenvalue weighted by Gasteiger charge is 2.12. The summed E-state index contributed by atoms with van der Waals surface area (Å²) < 4.78 is 5.75. The van der Waals surface area contributed by atoms with Gasteiger partial charge in [0.1, 0.15) is 5.58 Å². The minimum atomic E-state index is -0.827. The summed E-state index contributed by atoms with van der Waals surface area (Å²) in [6.45, 7) is 1.65. The number of carbonyl (C=O) groups is 1. The zero-order chi connectivity index (χ0) is 11.7. The van der Waals surface area contributed by atoms with Crippen LogP contribution < -0.4 is 4.94 Å². The third kappa shape index (κ3) is 2.14. The predicted molar refractivity (Wildman–Crippen MR) is 60.9 cm³/mol. The van der Waals surface area contributed by atoms with Gasteiger partial charge in [0.15, 0.2) is 0 Å². The van der Waals surface area contributed by atoms with Crippen LogP contribution >= 0.6 is 11.3 Å². The van der Waals surface area contributed by atoms with Crippen LogP contribution in [0.1, 0.15) is 12.5 Å². The number of aliphatic carboxylic acids is 1. The zero-order valence-corrected chi connectivity index (χ0v) is 9.41. The van der Waals surface area contributed by atoms with Gasteiger partial charge in [0.25, 0.3) is 0 Å². The number of carboxylic acids is 1. The van der Waals surface area contributed by atoms with Gasteiger partial charge < -0.3 is 9.52 Å². The van der Waals surface area contributed by atoms with Gasteiger partial charge in [-0.3, -0.25) is 4.79 Å². The first-order valence-corrected chi connectivity index (χ1v) is 5.63. The van der Waals surface area contributed by atoms with E-state index in [9.17, 15) is 9.59 Å². The van der Waals surface area contributed by atoms with Crippen molar-refractivity contribution in [1.82, 2.24) is 0 Å². The number of hydrogen-bond acceptors (Lipinski definition) is 4. The molecule has 0 aliphatic carbocycles. The molecule has 0 saturated heterocycles. The summed E-state index contributed by atoms with van der Waals surface area (Å²) in [4.78, 5) is 21.4. The number of carboxylic acid groups (broad SMARTS) is 1. The molecule has 16 heavy (non-hydrogen) atoms. The van der Waals surface area contributed by atoms with Crippen molar-refractivity contribution in [2.45, 2.75) is 13.3 Å². The van der Waals surface area contributed by atoms with E-state index in [1.54, 1.807) is 19.1 Å². The molecule has 1 heterocycles. The highest BCUT2D eigenvalue weighted by atomic mass is 32.1. The van der Waals surface area contributed by atoms with Crippen LogP contribution in [-0.4, -0.2) is 11.1 Å². The van der Waals surface area contributed by atoms with E-state index >= 15 is 0 Å². The molecule has 0 spiro atoms. The number of hydrogen-bond donors (Lipinski definition) is 1. The van der Waals surface area contributed by atoms with Crippen molar-refractivity contribution >= 4 is 27.6 Å². The molecule has 5 heteroatoms. The van der Waals surface area contributed by atoms with Crippen LogP contribution in [0, 0.1) is 5.92 Å². The van der Waals surface area contributed by atoms with E-state index in [2.05, 4.69) is 0 Å². The van der Waals surface area contributed by atoms with Crippen molar-refractivity contribution in [1.29, 1.82) is 0 Å². The van der Waals surface area contributed by atoms with Gasteiger partial charge in [-0.15, -0.1) is 0 Å². The fraction of sp³-hybridized carbons (Fsp3) is 0.273. The van der Waals surface area contributed by atoms with E-state index in [4.69, 9.17) is 9.52 Å². The van der Waals surface area contributed by atoms with E-state index in [0.29, 0.717) is 12.0 Å². The molecule has 84 valence electrons. The molecule has 0 amide bonds. The van der Waals surface area contributed by atoms with Crippen molar-refractivity contribution < 1.29 is 14.3 Å². The highest BCUT2D eigenvalue weighted by Crippen LogP contribution is 2.20. The second-order valence-corrected chi connectivity index (χ2v) is 4.66. The first-order chi connectivity index (χ1) is 7.56. The summed E-state index contributed by atoms with van der Waals surface area (Å²) >= 11 is 1.05. The summed E-state index contributed by atoms with van der Waals surface area (Å²) in [6.07, 6.45) is 0.435.